The summed E-state index contributed by atoms with van der Waals surface area (Å²) in [5.41, 5.74) is 6.95. The second-order valence-corrected chi connectivity index (χ2v) is 5.08. The van der Waals surface area contributed by atoms with E-state index in [1.165, 1.54) is 5.56 Å². The summed E-state index contributed by atoms with van der Waals surface area (Å²) in [6, 6.07) is 7.37. The number of urea groups is 1. The lowest BCUT2D eigenvalue weighted by Gasteiger charge is -2.19. The van der Waals surface area contributed by atoms with Crippen molar-refractivity contribution in [2.24, 2.45) is 5.73 Å². The second-order valence-electron chi connectivity index (χ2n) is 5.08. The van der Waals surface area contributed by atoms with Crippen LogP contribution >= 0.6 is 0 Å². The van der Waals surface area contributed by atoms with Crippen LogP contribution in [0.1, 0.15) is 18.5 Å². The first-order valence-electron chi connectivity index (χ1n) is 7.10. The molecule has 0 bridgehead atoms. The first-order chi connectivity index (χ1) is 10.0. The minimum Gasteiger partial charge on any atom is -0.383 e. The maximum atomic E-state index is 10.8. The molecule has 21 heavy (non-hydrogen) atoms. The highest BCUT2D eigenvalue weighted by Gasteiger charge is 2.05. The number of nitrogens with zero attached hydrogens (tertiary/aromatic N) is 1. The van der Waals surface area contributed by atoms with Gasteiger partial charge in [0.25, 0.3) is 0 Å². The number of methoxy groups -OCH3 is 1. The number of benzene rings is 1. The third-order valence-corrected chi connectivity index (χ3v) is 3.30. The van der Waals surface area contributed by atoms with Crippen LogP contribution in [0.15, 0.2) is 24.3 Å². The molecule has 118 valence electrons. The Hall–Kier alpha value is -1.63. The van der Waals surface area contributed by atoms with Crippen LogP contribution in [0.3, 0.4) is 0 Å². The molecule has 0 saturated carbocycles. The molecule has 0 heterocycles. The summed E-state index contributed by atoms with van der Waals surface area (Å²) in [4.78, 5) is 13.0. The van der Waals surface area contributed by atoms with Crippen molar-refractivity contribution in [1.29, 1.82) is 0 Å². The second kappa shape index (κ2) is 9.33. The lowest BCUT2D eigenvalue weighted by molar-refractivity contribution is 0.161. The number of anilines is 1. The summed E-state index contributed by atoms with van der Waals surface area (Å²) >= 11 is 0. The smallest absolute Gasteiger partial charge is 0.316 e. The lowest BCUT2D eigenvalue weighted by Crippen LogP contribution is -2.32. The van der Waals surface area contributed by atoms with Crippen molar-refractivity contribution in [3.63, 3.8) is 0 Å². The van der Waals surface area contributed by atoms with Crippen LogP contribution < -0.4 is 16.4 Å². The number of carbonyl (C=O) groups excluding carboxylic acids is 1. The van der Waals surface area contributed by atoms with Gasteiger partial charge in [-0.2, -0.15) is 0 Å². The van der Waals surface area contributed by atoms with Crippen LogP contribution in [0, 0.1) is 0 Å². The number of hydrogen-bond donors (Lipinski definition) is 3. The average Bonchev–Trinajstić information content (AvgIpc) is 2.45. The zero-order valence-corrected chi connectivity index (χ0v) is 13.1. The third kappa shape index (κ3) is 7.08. The highest BCUT2D eigenvalue weighted by molar-refractivity contribution is 5.87. The molecule has 0 aromatic heterocycles. The van der Waals surface area contributed by atoms with E-state index in [1.54, 1.807) is 7.11 Å². The predicted molar refractivity (Wildman–Crippen MR) is 85.4 cm³/mol. The predicted octanol–water partition coefficient (Wildman–Crippen LogP) is 1.41. The van der Waals surface area contributed by atoms with Crippen molar-refractivity contribution in [2.75, 3.05) is 45.7 Å². The van der Waals surface area contributed by atoms with Gasteiger partial charge < -0.3 is 26.0 Å². The topological polar surface area (TPSA) is 79.6 Å². The monoisotopic (exact) mass is 294 g/mol. The van der Waals surface area contributed by atoms with Crippen molar-refractivity contribution in [1.82, 2.24) is 10.2 Å². The molecule has 1 unspecified atom stereocenters. The molecule has 6 nitrogen and oxygen atoms in total. The molecule has 4 N–H and O–H groups in total. The molecule has 6 heteroatoms. The van der Waals surface area contributed by atoms with Gasteiger partial charge in [0.1, 0.15) is 0 Å². The Morgan fingerprint density at radius 1 is 1.33 bits per heavy atom. The van der Waals surface area contributed by atoms with Gasteiger partial charge in [-0.1, -0.05) is 12.1 Å². The van der Waals surface area contributed by atoms with Gasteiger partial charge in [-0.3, -0.25) is 0 Å². The number of ether oxygens (including phenoxy) is 1. The number of nitrogens with one attached hydrogen (secondary N) is 2. The quantitative estimate of drug-likeness (QED) is 0.643. The summed E-state index contributed by atoms with van der Waals surface area (Å²) in [7, 11) is 3.79. The molecule has 0 aliphatic heterocycles. The molecule has 1 aromatic carbocycles. The Labute approximate surface area is 126 Å². The van der Waals surface area contributed by atoms with Crippen LogP contribution in [-0.2, 0) is 4.74 Å². The van der Waals surface area contributed by atoms with E-state index < -0.39 is 6.03 Å². The average molecular weight is 294 g/mol. The molecule has 0 fully saturated rings. The van der Waals surface area contributed by atoms with Crippen LogP contribution in [0.4, 0.5) is 10.5 Å². The standard InChI is InChI=1S/C15H26N4O2/c1-12(17-8-9-19(2)10-11-21-3)13-4-6-14(7-5-13)18-15(16)20/h4-7,12,17H,8-11H2,1-3H3,(H3,16,18,20). The van der Waals surface area contributed by atoms with E-state index >= 15 is 0 Å². The fourth-order valence-electron chi connectivity index (χ4n) is 1.95. The van der Waals surface area contributed by atoms with Gasteiger partial charge in [-0.05, 0) is 31.7 Å². The largest absolute Gasteiger partial charge is 0.383 e. The van der Waals surface area contributed by atoms with Crippen molar-refractivity contribution in [3.8, 4) is 0 Å². The summed E-state index contributed by atoms with van der Waals surface area (Å²) < 4.78 is 5.05. The van der Waals surface area contributed by atoms with Crippen LogP contribution in [0.5, 0.6) is 0 Å². The molecule has 1 aromatic rings. The van der Waals surface area contributed by atoms with Gasteiger partial charge >= 0.3 is 6.03 Å². The van der Waals surface area contributed by atoms with E-state index in [1.807, 2.05) is 24.3 Å². The Morgan fingerprint density at radius 2 is 2.00 bits per heavy atom. The van der Waals surface area contributed by atoms with E-state index in [0.717, 1.165) is 26.2 Å². The van der Waals surface area contributed by atoms with E-state index in [9.17, 15) is 4.79 Å². The van der Waals surface area contributed by atoms with Crippen molar-refractivity contribution in [2.45, 2.75) is 13.0 Å². The minimum atomic E-state index is -0.548. The Bertz CT molecular complexity index is 422. The zero-order valence-electron chi connectivity index (χ0n) is 13.1. The summed E-state index contributed by atoms with van der Waals surface area (Å²) in [6.07, 6.45) is 0. The molecule has 2 amide bonds. The fourth-order valence-corrected chi connectivity index (χ4v) is 1.95. The molecular weight excluding hydrogens is 268 g/mol. The zero-order chi connectivity index (χ0) is 15.7. The summed E-state index contributed by atoms with van der Waals surface area (Å²) in [5.74, 6) is 0. The molecular formula is C15H26N4O2. The van der Waals surface area contributed by atoms with Gasteiger partial charge in [0.15, 0.2) is 0 Å². The molecule has 0 spiro atoms. The van der Waals surface area contributed by atoms with Crippen molar-refractivity contribution in [3.05, 3.63) is 29.8 Å². The SMILES string of the molecule is COCCN(C)CCNC(C)c1ccc(NC(N)=O)cc1. The molecule has 0 saturated heterocycles. The number of carbonyl (C=O) groups is 1. The fraction of sp³-hybridized carbons (Fsp3) is 0.533. The number of primary amides is 1. The highest BCUT2D eigenvalue weighted by atomic mass is 16.5. The molecule has 1 rings (SSSR count). The van der Waals surface area contributed by atoms with E-state index in [0.29, 0.717) is 5.69 Å². The molecule has 0 aliphatic carbocycles. The molecule has 1 atom stereocenters. The number of nitrogens with two attached hydrogens (primary N) is 1. The lowest BCUT2D eigenvalue weighted by atomic mass is 10.1. The van der Waals surface area contributed by atoms with Gasteiger partial charge in [-0.25, -0.2) is 4.79 Å². The van der Waals surface area contributed by atoms with E-state index in [2.05, 4.69) is 29.5 Å². The number of hydrogen-bond acceptors (Lipinski definition) is 4. The first kappa shape index (κ1) is 17.4. The summed E-state index contributed by atoms with van der Waals surface area (Å²) in [6.45, 7) is 5.67. The number of amides is 2. The van der Waals surface area contributed by atoms with Gasteiger partial charge in [0.2, 0.25) is 0 Å². The number of rotatable bonds is 9. The van der Waals surface area contributed by atoms with Gasteiger partial charge in [0.05, 0.1) is 6.61 Å². The highest BCUT2D eigenvalue weighted by Crippen LogP contribution is 2.15. The maximum absolute atomic E-state index is 10.8. The van der Waals surface area contributed by atoms with Crippen molar-refractivity contribution < 1.29 is 9.53 Å². The van der Waals surface area contributed by atoms with Gasteiger partial charge in [-0.15, -0.1) is 0 Å². The number of likely N-dealkylation sites (N-methyl/N-ethyl adjacent to an activating group) is 1. The summed E-state index contributed by atoms with van der Waals surface area (Å²) in [5, 5.41) is 6.02. The minimum absolute atomic E-state index is 0.253. The Kier molecular flexibility index (Phi) is 7.74. The van der Waals surface area contributed by atoms with Crippen LogP contribution in [0.25, 0.3) is 0 Å². The normalized spacial score (nSPS) is 12.4. The van der Waals surface area contributed by atoms with Gasteiger partial charge in [0, 0.05) is 38.5 Å². The first-order valence-corrected chi connectivity index (χ1v) is 7.10. The van der Waals surface area contributed by atoms with E-state index in [-0.39, 0.29) is 6.04 Å². The Balaban J connectivity index is 2.34. The molecule has 0 aliphatic rings. The van der Waals surface area contributed by atoms with Crippen LogP contribution in [-0.4, -0.2) is 51.3 Å². The van der Waals surface area contributed by atoms with Crippen LogP contribution in [0.2, 0.25) is 0 Å². The maximum Gasteiger partial charge on any atom is 0.316 e. The molecule has 0 radical (unpaired) electrons. The van der Waals surface area contributed by atoms with E-state index in [4.69, 9.17) is 10.5 Å². The Morgan fingerprint density at radius 3 is 2.57 bits per heavy atom. The van der Waals surface area contributed by atoms with Crippen molar-refractivity contribution >= 4 is 11.7 Å². The third-order valence-electron chi connectivity index (χ3n) is 3.30.